The summed E-state index contributed by atoms with van der Waals surface area (Å²) in [7, 11) is -5.91. The third kappa shape index (κ3) is 7.64. The summed E-state index contributed by atoms with van der Waals surface area (Å²) >= 11 is 0. The molecule has 0 heterocycles. The van der Waals surface area contributed by atoms with Gasteiger partial charge in [0.2, 0.25) is 10.0 Å². The lowest BCUT2D eigenvalue weighted by Crippen LogP contribution is -2.47. The van der Waals surface area contributed by atoms with Gasteiger partial charge in [0, 0.05) is 24.5 Å². The molecule has 2 aromatic carbocycles. The van der Waals surface area contributed by atoms with E-state index < -0.39 is 20.2 Å². The Bertz CT molecular complexity index is 1130. The van der Waals surface area contributed by atoms with Gasteiger partial charge in [0.05, 0.1) is 12.0 Å². The van der Waals surface area contributed by atoms with Crippen LogP contribution in [0.2, 0.25) is 0 Å². The summed E-state index contributed by atoms with van der Waals surface area (Å²) < 4.78 is 53.7. The molecule has 0 saturated heterocycles. The number of halogens is 1. The first-order chi connectivity index (χ1) is 15.0. The minimum Gasteiger partial charge on any atom is -0.497 e. The molecule has 1 aliphatic carbocycles. The number of nitrogens with two attached hydrogens (primary N) is 2. The summed E-state index contributed by atoms with van der Waals surface area (Å²) in [5, 5.41) is 13.9. The lowest BCUT2D eigenvalue weighted by Gasteiger charge is -2.41. The Morgan fingerprint density at radius 1 is 1.03 bits per heavy atom. The predicted octanol–water partition coefficient (Wildman–Crippen LogP) is 1.53. The van der Waals surface area contributed by atoms with E-state index in [0.29, 0.717) is 6.54 Å². The normalized spacial score (nSPS) is 21.2. The Kier molecular flexibility index (Phi) is 9.28. The Morgan fingerprint density at radius 3 is 2.21 bits per heavy atom. The van der Waals surface area contributed by atoms with Crippen molar-refractivity contribution >= 4 is 32.6 Å². The molecule has 0 bridgehead atoms. The van der Waals surface area contributed by atoms with Crippen LogP contribution in [0.5, 0.6) is 5.75 Å². The van der Waals surface area contributed by atoms with Gasteiger partial charge in [0.1, 0.15) is 5.75 Å². The van der Waals surface area contributed by atoms with Crippen LogP contribution in [-0.2, 0) is 32.2 Å². The molecule has 0 atom stereocenters. The van der Waals surface area contributed by atoms with Crippen molar-refractivity contribution in [2.75, 3.05) is 13.7 Å². The van der Waals surface area contributed by atoms with E-state index in [1.54, 1.807) is 19.2 Å². The van der Waals surface area contributed by atoms with Crippen molar-refractivity contribution in [1.29, 1.82) is 0 Å². The number of hydrogen-bond acceptors (Lipinski definition) is 6. The summed E-state index contributed by atoms with van der Waals surface area (Å²) in [6, 6.07) is 14.4. The lowest BCUT2D eigenvalue weighted by molar-refractivity contribution is 0.245. The molecular weight excluding hydrogens is 488 g/mol. The molecule has 2 aromatic rings. The summed E-state index contributed by atoms with van der Waals surface area (Å²) in [6.07, 6.45) is 3.23. The highest BCUT2D eigenvalue weighted by Crippen LogP contribution is 2.40. The van der Waals surface area contributed by atoms with Crippen molar-refractivity contribution in [1.82, 2.24) is 10.0 Å². The van der Waals surface area contributed by atoms with Gasteiger partial charge in [-0.2, -0.15) is 8.42 Å². The number of sulfonamides is 1. The van der Waals surface area contributed by atoms with Crippen molar-refractivity contribution in [2.24, 2.45) is 10.3 Å². The van der Waals surface area contributed by atoms with Crippen molar-refractivity contribution in [3.63, 3.8) is 0 Å². The van der Waals surface area contributed by atoms with Crippen LogP contribution in [0.3, 0.4) is 0 Å². The molecule has 9 nitrogen and oxygen atoms in total. The quantitative estimate of drug-likeness (QED) is 0.394. The molecule has 1 aliphatic rings. The Labute approximate surface area is 201 Å². The van der Waals surface area contributed by atoms with Crippen LogP contribution in [-0.4, -0.2) is 36.5 Å². The van der Waals surface area contributed by atoms with Gasteiger partial charge in [-0.1, -0.05) is 24.3 Å². The summed E-state index contributed by atoms with van der Waals surface area (Å²) in [5.74, 6) is 0.723. The number of primary sulfonamides is 1. The fraction of sp³-hybridized carbons (Fsp3) is 0.429. The van der Waals surface area contributed by atoms with Gasteiger partial charge in [0.15, 0.2) is 0 Å². The molecule has 184 valence electrons. The largest absolute Gasteiger partial charge is 0.497 e. The van der Waals surface area contributed by atoms with Crippen LogP contribution in [0.15, 0.2) is 53.4 Å². The average molecular weight is 519 g/mol. The maximum absolute atomic E-state index is 11.6. The molecule has 0 aromatic heterocycles. The van der Waals surface area contributed by atoms with E-state index in [1.165, 1.54) is 12.1 Å². The van der Waals surface area contributed by atoms with Gasteiger partial charge in [-0.05, 0) is 61.1 Å². The van der Waals surface area contributed by atoms with E-state index >= 15 is 0 Å². The van der Waals surface area contributed by atoms with Crippen molar-refractivity contribution in [2.45, 2.75) is 48.6 Å². The van der Waals surface area contributed by atoms with Gasteiger partial charge in [-0.15, -0.1) is 12.4 Å². The molecule has 0 unspecified atom stereocenters. The maximum Gasteiger partial charge on any atom is 0.274 e. The fourth-order valence-electron chi connectivity index (χ4n) is 4.19. The van der Waals surface area contributed by atoms with Gasteiger partial charge >= 0.3 is 0 Å². The number of ether oxygens (including phenoxy) is 1. The van der Waals surface area contributed by atoms with Crippen LogP contribution in [0, 0.1) is 0 Å². The van der Waals surface area contributed by atoms with Crippen LogP contribution in [0.1, 0.15) is 36.8 Å². The monoisotopic (exact) mass is 518 g/mol. The summed E-state index contributed by atoms with van der Waals surface area (Å²) in [4.78, 5) is 0.0874. The van der Waals surface area contributed by atoms with E-state index in [1.807, 2.05) is 24.3 Å². The van der Waals surface area contributed by atoms with E-state index in [2.05, 4.69) is 10.0 Å². The number of methoxy groups -OCH3 is 1. The fourth-order valence-corrected chi connectivity index (χ4v) is 5.19. The Morgan fingerprint density at radius 2 is 1.67 bits per heavy atom. The van der Waals surface area contributed by atoms with Crippen LogP contribution in [0.4, 0.5) is 0 Å². The third-order valence-electron chi connectivity index (χ3n) is 6.08. The third-order valence-corrected chi connectivity index (χ3v) is 7.56. The molecule has 12 heteroatoms. The smallest absolute Gasteiger partial charge is 0.274 e. The van der Waals surface area contributed by atoms with E-state index in [9.17, 15) is 16.8 Å². The SMILES string of the molecule is COc1cccc(C2(CNS(N)(=O)=O)CCC(NCc3ccc(S(N)(=O)=O)cc3)CC2)c1.Cl. The van der Waals surface area contributed by atoms with Gasteiger partial charge in [-0.3, -0.25) is 0 Å². The summed E-state index contributed by atoms with van der Waals surface area (Å²) in [5.41, 5.74) is 1.60. The first-order valence-electron chi connectivity index (χ1n) is 10.3. The van der Waals surface area contributed by atoms with Crippen molar-refractivity contribution < 1.29 is 21.6 Å². The Balaban J connectivity index is 0.00000385. The lowest BCUT2D eigenvalue weighted by atomic mass is 9.68. The van der Waals surface area contributed by atoms with Crippen molar-refractivity contribution in [3.05, 3.63) is 59.7 Å². The zero-order valence-corrected chi connectivity index (χ0v) is 20.8. The summed E-state index contributed by atoms with van der Waals surface area (Å²) in [6.45, 7) is 0.817. The molecule has 0 aliphatic heterocycles. The highest BCUT2D eigenvalue weighted by Gasteiger charge is 2.37. The number of benzene rings is 2. The zero-order valence-electron chi connectivity index (χ0n) is 18.4. The molecule has 0 radical (unpaired) electrons. The highest BCUT2D eigenvalue weighted by atomic mass is 35.5. The first kappa shape index (κ1) is 27.5. The highest BCUT2D eigenvalue weighted by molar-refractivity contribution is 7.89. The van der Waals surface area contributed by atoms with E-state index in [0.717, 1.165) is 42.6 Å². The first-order valence-corrected chi connectivity index (χ1v) is 13.4. The topological polar surface area (TPSA) is 154 Å². The molecule has 1 fully saturated rings. The molecule has 0 amide bonds. The minimum atomic E-state index is -3.81. The number of rotatable bonds is 9. The standard InChI is InChI=1S/C21H30N4O5S2.ClH/c1-30-19-4-2-3-17(13-19)21(15-25-32(23,28)29)11-9-18(10-12-21)24-14-16-5-7-20(8-6-16)31(22,26)27;/h2-8,13,18,24-25H,9-12,14-15H2,1H3,(H2,22,26,27)(H2,23,28,29);1H. The molecule has 33 heavy (non-hydrogen) atoms. The second-order valence-corrected chi connectivity index (χ2v) is 11.2. The van der Waals surface area contributed by atoms with Gasteiger partial charge in [-0.25, -0.2) is 23.4 Å². The molecule has 1 saturated carbocycles. The molecule has 3 rings (SSSR count). The van der Waals surface area contributed by atoms with Crippen molar-refractivity contribution in [3.8, 4) is 5.75 Å². The molecule has 0 spiro atoms. The second-order valence-electron chi connectivity index (χ2n) is 8.22. The number of hydrogen-bond donors (Lipinski definition) is 4. The van der Waals surface area contributed by atoms with E-state index in [4.69, 9.17) is 15.0 Å². The Hall–Kier alpha value is -1.73. The predicted molar refractivity (Wildman–Crippen MR) is 130 cm³/mol. The minimum absolute atomic E-state index is 0. The number of nitrogens with one attached hydrogen (secondary N) is 2. The van der Waals surface area contributed by atoms with Gasteiger partial charge in [0.25, 0.3) is 10.2 Å². The van der Waals surface area contributed by atoms with E-state index in [-0.39, 0.29) is 35.3 Å². The maximum atomic E-state index is 11.6. The second kappa shape index (κ2) is 11.1. The zero-order chi connectivity index (χ0) is 23.4. The van der Waals surface area contributed by atoms with Gasteiger partial charge < -0.3 is 10.1 Å². The molecular formula is C21H31ClN4O5S2. The van der Waals surface area contributed by atoms with Crippen LogP contribution in [0.25, 0.3) is 0 Å². The molecule has 6 N–H and O–H groups in total. The van der Waals surface area contributed by atoms with Crippen LogP contribution < -0.4 is 25.1 Å². The average Bonchev–Trinajstić information content (AvgIpc) is 2.76. The van der Waals surface area contributed by atoms with Crippen LogP contribution >= 0.6 is 12.4 Å².